The molecule has 1 amide bonds. The van der Waals surface area contributed by atoms with Crippen molar-refractivity contribution in [2.24, 2.45) is 5.92 Å². The lowest BCUT2D eigenvalue weighted by Gasteiger charge is -2.30. The topological polar surface area (TPSA) is 101 Å². The summed E-state index contributed by atoms with van der Waals surface area (Å²) in [7, 11) is 0. The Kier molecular flexibility index (Phi) is 4.92. The number of aryl methyl sites for hydroxylation is 4. The number of fused-ring (bicyclic) bond motifs is 3. The van der Waals surface area contributed by atoms with Crippen LogP contribution in [-0.2, 0) is 16.0 Å². The van der Waals surface area contributed by atoms with E-state index in [2.05, 4.69) is 0 Å². The second kappa shape index (κ2) is 7.31. The highest BCUT2D eigenvalue weighted by molar-refractivity contribution is 6.07. The van der Waals surface area contributed by atoms with Crippen LogP contribution in [0, 0.1) is 33.6 Å². The molecule has 1 aliphatic heterocycles. The first-order valence-corrected chi connectivity index (χ1v) is 10.1. The summed E-state index contributed by atoms with van der Waals surface area (Å²) < 4.78 is 11.6. The number of likely N-dealkylation sites (tertiary alicyclic amines) is 1. The van der Waals surface area contributed by atoms with Crippen molar-refractivity contribution in [2.75, 3.05) is 13.1 Å². The van der Waals surface area contributed by atoms with E-state index in [4.69, 9.17) is 8.83 Å². The van der Waals surface area contributed by atoms with Gasteiger partial charge in [-0.15, -0.1) is 0 Å². The lowest BCUT2D eigenvalue weighted by atomic mass is 9.96. The van der Waals surface area contributed by atoms with Crippen molar-refractivity contribution in [1.82, 2.24) is 4.90 Å². The molecule has 3 aromatic rings. The van der Waals surface area contributed by atoms with Gasteiger partial charge < -0.3 is 18.8 Å². The van der Waals surface area contributed by atoms with E-state index in [1.54, 1.807) is 6.92 Å². The van der Waals surface area contributed by atoms with E-state index < -0.39 is 17.5 Å². The van der Waals surface area contributed by atoms with Crippen LogP contribution in [0.1, 0.15) is 40.9 Å². The van der Waals surface area contributed by atoms with Gasteiger partial charge in [0.25, 0.3) is 0 Å². The molecule has 4 rings (SSSR count). The molecule has 1 fully saturated rings. The fourth-order valence-electron chi connectivity index (χ4n) is 4.50. The number of hydrogen-bond donors (Lipinski definition) is 1. The summed E-state index contributed by atoms with van der Waals surface area (Å²) >= 11 is 0. The highest BCUT2D eigenvalue weighted by Crippen LogP contribution is 2.36. The van der Waals surface area contributed by atoms with Crippen LogP contribution in [0.25, 0.3) is 21.9 Å². The molecule has 1 N–H and O–H groups in total. The molecule has 158 valence electrons. The molecule has 7 nitrogen and oxygen atoms in total. The average Bonchev–Trinajstić information content (AvgIpc) is 2.99. The van der Waals surface area contributed by atoms with Crippen LogP contribution >= 0.6 is 0 Å². The molecule has 1 aliphatic rings. The van der Waals surface area contributed by atoms with E-state index in [0.717, 1.165) is 22.3 Å². The Morgan fingerprint density at radius 1 is 1.13 bits per heavy atom. The molecule has 3 heterocycles. The maximum Gasteiger partial charge on any atom is 0.340 e. The summed E-state index contributed by atoms with van der Waals surface area (Å²) in [4.78, 5) is 38.4. The highest BCUT2D eigenvalue weighted by Gasteiger charge is 2.29. The standard InChI is InChI=1S/C23H25NO6/c1-11-8-17-20(21-19(11)12(2)14(4)29-21)13(3)16(23(28)30-17)9-18(25)24-7-5-6-15(10-24)22(26)27/h8,15H,5-7,9-10H2,1-4H3,(H,26,27)/t15-/m0/s1. The van der Waals surface area contributed by atoms with Gasteiger partial charge >= 0.3 is 11.6 Å². The van der Waals surface area contributed by atoms with Gasteiger partial charge in [-0.25, -0.2) is 4.79 Å². The number of carboxylic acids is 1. The number of piperidine rings is 1. The van der Waals surface area contributed by atoms with Gasteiger partial charge in [-0.1, -0.05) is 0 Å². The predicted molar refractivity (Wildman–Crippen MR) is 112 cm³/mol. The Balaban J connectivity index is 1.78. The van der Waals surface area contributed by atoms with Gasteiger partial charge in [0.2, 0.25) is 5.91 Å². The summed E-state index contributed by atoms with van der Waals surface area (Å²) in [6.07, 6.45) is 1.08. The third kappa shape index (κ3) is 3.18. The van der Waals surface area contributed by atoms with Crippen molar-refractivity contribution in [2.45, 2.75) is 47.0 Å². The Hall–Kier alpha value is -3.09. The second-order valence-corrected chi connectivity index (χ2v) is 8.24. The van der Waals surface area contributed by atoms with E-state index in [0.29, 0.717) is 47.1 Å². The second-order valence-electron chi connectivity index (χ2n) is 8.24. The number of hydrogen-bond acceptors (Lipinski definition) is 5. The molecule has 0 aliphatic carbocycles. The Bertz CT molecular complexity index is 1250. The molecule has 1 saturated heterocycles. The number of carbonyl (C=O) groups excluding carboxylic acids is 1. The Labute approximate surface area is 173 Å². The van der Waals surface area contributed by atoms with Gasteiger partial charge in [0, 0.05) is 18.5 Å². The number of rotatable bonds is 3. The van der Waals surface area contributed by atoms with Gasteiger partial charge in [-0.05, 0) is 63.3 Å². The molecule has 0 bridgehead atoms. The normalized spacial score (nSPS) is 17.1. The number of furan rings is 1. The molecular weight excluding hydrogens is 386 g/mol. The summed E-state index contributed by atoms with van der Waals surface area (Å²) in [6, 6.07) is 1.84. The number of aliphatic carboxylic acids is 1. The van der Waals surface area contributed by atoms with E-state index >= 15 is 0 Å². The lowest BCUT2D eigenvalue weighted by Crippen LogP contribution is -2.43. The van der Waals surface area contributed by atoms with Gasteiger partial charge in [0.05, 0.1) is 23.3 Å². The van der Waals surface area contributed by atoms with Gasteiger partial charge in [0.15, 0.2) is 0 Å². The number of benzene rings is 1. The van der Waals surface area contributed by atoms with E-state index in [1.807, 2.05) is 26.8 Å². The lowest BCUT2D eigenvalue weighted by molar-refractivity contribution is -0.145. The largest absolute Gasteiger partial charge is 0.481 e. The number of carboxylic acid groups (broad SMARTS) is 1. The molecule has 30 heavy (non-hydrogen) atoms. The maximum atomic E-state index is 12.9. The number of carbonyl (C=O) groups is 2. The van der Waals surface area contributed by atoms with E-state index in [1.165, 1.54) is 4.90 Å². The minimum absolute atomic E-state index is 0.121. The monoisotopic (exact) mass is 411 g/mol. The van der Waals surface area contributed by atoms with Gasteiger partial charge in [-0.3, -0.25) is 9.59 Å². The molecular formula is C23H25NO6. The molecule has 0 spiro atoms. The Morgan fingerprint density at radius 2 is 1.87 bits per heavy atom. The van der Waals surface area contributed by atoms with Crippen LogP contribution in [0.4, 0.5) is 0 Å². The molecule has 0 radical (unpaired) electrons. The molecule has 7 heteroatoms. The first-order chi connectivity index (χ1) is 14.2. The fraction of sp³-hybridized carbons (Fsp3) is 0.435. The third-order valence-electron chi connectivity index (χ3n) is 6.33. The maximum absolute atomic E-state index is 12.9. The van der Waals surface area contributed by atoms with Crippen molar-refractivity contribution >= 4 is 33.8 Å². The van der Waals surface area contributed by atoms with Crippen LogP contribution in [-0.4, -0.2) is 35.0 Å². The molecule has 1 atom stereocenters. The first kappa shape index (κ1) is 20.2. The van der Waals surface area contributed by atoms with Crippen LogP contribution in [0.2, 0.25) is 0 Å². The summed E-state index contributed by atoms with van der Waals surface area (Å²) in [5, 5.41) is 11.0. The van der Waals surface area contributed by atoms with Gasteiger partial charge in [0.1, 0.15) is 16.9 Å². The zero-order valence-corrected chi connectivity index (χ0v) is 17.6. The summed E-state index contributed by atoms with van der Waals surface area (Å²) in [5.74, 6) is -0.911. The van der Waals surface area contributed by atoms with E-state index in [9.17, 15) is 19.5 Å². The van der Waals surface area contributed by atoms with Gasteiger partial charge in [-0.2, -0.15) is 0 Å². The number of amides is 1. The minimum Gasteiger partial charge on any atom is -0.481 e. The quantitative estimate of drug-likeness (QED) is 0.661. The number of nitrogens with zero attached hydrogens (tertiary/aromatic N) is 1. The van der Waals surface area contributed by atoms with E-state index in [-0.39, 0.29) is 18.9 Å². The van der Waals surface area contributed by atoms with Crippen LogP contribution < -0.4 is 5.63 Å². The molecule has 0 unspecified atom stereocenters. The summed E-state index contributed by atoms with van der Waals surface area (Å²) in [5.41, 5.74) is 3.53. The van der Waals surface area contributed by atoms with Crippen LogP contribution in [0.3, 0.4) is 0 Å². The van der Waals surface area contributed by atoms with Crippen LogP contribution in [0.15, 0.2) is 19.7 Å². The zero-order chi connectivity index (χ0) is 21.7. The zero-order valence-electron chi connectivity index (χ0n) is 17.6. The fourth-order valence-corrected chi connectivity index (χ4v) is 4.50. The van der Waals surface area contributed by atoms with Crippen molar-refractivity contribution in [3.8, 4) is 0 Å². The smallest absolute Gasteiger partial charge is 0.340 e. The minimum atomic E-state index is -0.893. The van der Waals surface area contributed by atoms with Crippen molar-refractivity contribution in [1.29, 1.82) is 0 Å². The summed E-state index contributed by atoms with van der Waals surface area (Å²) in [6.45, 7) is 8.32. The average molecular weight is 411 g/mol. The Morgan fingerprint density at radius 3 is 2.57 bits per heavy atom. The van der Waals surface area contributed by atoms with Crippen molar-refractivity contribution < 1.29 is 23.5 Å². The third-order valence-corrected chi connectivity index (χ3v) is 6.33. The van der Waals surface area contributed by atoms with Crippen molar-refractivity contribution in [3.05, 3.63) is 44.5 Å². The first-order valence-electron chi connectivity index (χ1n) is 10.1. The SMILES string of the molecule is Cc1oc2c(c(C)cc3oc(=O)c(CC(=O)N4CCC[C@H](C(=O)O)C4)c(C)c32)c1C. The predicted octanol–water partition coefficient (Wildman–Crippen LogP) is 3.64. The van der Waals surface area contributed by atoms with Crippen LogP contribution in [0.5, 0.6) is 0 Å². The molecule has 2 aromatic heterocycles. The molecule has 0 saturated carbocycles. The van der Waals surface area contributed by atoms with Crippen molar-refractivity contribution in [3.63, 3.8) is 0 Å². The highest BCUT2D eigenvalue weighted by atomic mass is 16.4. The molecule has 1 aromatic carbocycles.